The summed E-state index contributed by atoms with van der Waals surface area (Å²) in [5, 5.41) is 13.4. The number of pyridine rings is 1. The van der Waals surface area contributed by atoms with E-state index in [2.05, 4.69) is 30.6 Å². The zero-order chi connectivity index (χ0) is 20.2. The van der Waals surface area contributed by atoms with Gasteiger partial charge < -0.3 is 19.6 Å². The van der Waals surface area contributed by atoms with Gasteiger partial charge in [0.2, 0.25) is 17.3 Å². The first-order valence-electron chi connectivity index (χ1n) is 8.62. The molecule has 0 fully saturated rings. The van der Waals surface area contributed by atoms with E-state index in [0.29, 0.717) is 17.0 Å². The minimum atomic E-state index is -0.373. The summed E-state index contributed by atoms with van der Waals surface area (Å²) in [6.07, 6.45) is 1.49. The highest BCUT2D eigenvalue weighted by Gasteiger charge is 2.14. The van der Waals surface area contributed by atoms with E-state index in [4.69, 9.17) is 9.26 Å². The second kappa shape index (κ2) is 7.80. The number of aromatic nitrogens is 5. The van der Waals surface area contributed by atoms with Crippen molar-refractivity contribution in [2.24, 2.45) is 0 Å². The van der Waals surface area contributed by atoms with E-state index in [9.17, 15) is 9.59 Å². The fourth-order valence-electron chi connectivity index (χ4n) is 2.65. The second-order valence-electron chi connectivity index (χ2n) is 6.03. The average molecular weight is 392 g/mol. The zero-order valence-electron chi connectivity index (χ0n) is 15.3. The van der Waals surface area contributed by atoms with Crippen LogP contribution < -0.4 is 15.6 Å². The van der Waals surface area contributed by atoms with Crippen LogP contribution >= 0.6 is 0 Å². The molecule has 0 saturated carbocycles. The lowest BCUT2D eigenvalue weighted by Gasteiger charge is -2.01. The molecule has 1 amide bonds. The Hall–Kier alpha value is -4.21. The highest BCUT2D eigenvalue weighted by atomic mass is 16.5. The van der Waals surface area contributed by atoms with Crippen molar-refractivity contribution in [2.45, 2.75) is 6.54 Å². The number of carbonyl (C=O) groups excluding carboxylic acids is 1. The fourth-order valence-corrected chi connectivity index (χ4v) is 2.65. The van der Waals surface area contributed by atoms with Crippen molar-refractivity contribution in [2.75, 3.05) is 7.11 Å². The number of benzene rings is 1. The SMILES string of the molecule is COc1cccc(-c2cc(C(=O)NCc3nc(-c4cc[nH]c(=O)c4)no3)[nH]n2)c1. The van der Waals surface area contributed by atoms with Crippen LogP contribution in [0, 0.1) is 0 Å². The number of hydrogen-bond donors (Lipinski definition) is 3. The maximum Gasteiger partial charge on any atom is 0.269 e. The predicted molar refractivity (Wildman–Crippen MR) is 102 cm³/mol. The van der Waals surface area contributed by atoms with E-state index < -0.39 is 0 Å². The summed E-state index contributed by atoms with van der Waals surface area (Å²) in [5.74, 6) is 0.801. The minimum Gasteiger partial charge on any atom is -0.497 e. The monoisotopic (exact) mass is 392 g/mol. The summed E-state index contributed by atoms with van der Waals surface area (Å²) in [5.41, 5.74) is 1.97. The Morgan fingerprint density at radius 2 is 2.10 bits per heavy atom. The molecule has 0 aliphatic heterocycles. The van der Waals surface area contributed by atoms with Crippen LogP contribution in [0.15, 0.2) is 58.0 Å². The molecular weight excluding hydrogens is 376 g/mol. The molecule has 4 rings (SSSR count). The Kier molecular flexibility index (Phi) is 4.89. The van der Waals surface area contributed by atoms with Crippen molar-refractivity contribution in [3.05, 3.63) is 70.6 Å². The first-order valence-corrected chi connectivity index (χ1v) is 8.62. The molecule has 0 spiro atoms. The van der Waals surface area contributed by atoms with Gasteiger partial charge in [-0.2, -0.15) is 10.1 Å². The molecule has 1 aromatic carbocycles. The Morgan fingerprint density at radius 1 is 1.21 bits per heavy atom. The van der Waals surface area contributed by atoms with Gasteiger partial charge in [0.15, 0.2) is 0 Å². The van der Waals surface area contributed by atoms with Crippen LogP contribution in [-0.2, 0) is 6.54 Å². The van der Waals surface area contributed by atoms with Crippen molar-refractivity contribution in [3.8, 4) is 28.4 Å². The fraction of sp³-hybridized carbons (Fsp3) is 0.105. The molecule has 10 nitrogen and oxygen atoms in total. The Bertz CT molecular complexity index is 1210. The van der Waals surface area contributed by atoms with Gasteiger partial charge >= 0.3 is 0 Å². The molecule has 4 aromatic rings. The lowest BCUT2D eigenvalue weighted by Crippen LogP contribution is -2.23. The summed E-state index contributed by atoms with van der Waals surface area (Å²) < 4.78 is 10.3. The maximum atomic E-state index is 12.4. The van der Waals surface area contributed by atoms with Gasteiger partial charge in [-0.1, -0.05) is 17.3 Å². The third-order valence-corrected chi connectivity index (χ3v) is 4.09. The lowest BCUT2D eigenvalue weighted by atomic mass is 10.1. The molecule has 29 heavy (non-hydrogen) atoms. The highest BCUT2D eigenvalue weighted by Crippen LogP contribution is 2.22. The quantitative estimate of drug-likeness (QED) is 0.454. The lowest BCUT2D eigenvalue weighted by molar-refractivity contribution is 0.0941. The van der Waals surface area contributed by atoms with Crippen molar-refractivity contribution in [3.63, 3.8) is 0 Å². The van der Waals surface area contributed by atoms with Crippen LogP contribution in [0.1, 0.15) is 16.4 Å². The van der Waals surface area contributed by atoms with Crippen molar-refractivity contribution < 1.29 is 14.1 Å². The van der Waals surface area contributed by atoms with E-state index in [-0.39, 0.29) is 35.4 Å². The van der Waals surface area contributed by atoms with Gasteiger partial charge in [-0.3, -0.25) is 14.7 Å². The number of carbonyl (C=O) groups is 1. The van der Waals surface area contributed by atoms with Gasteiger partial charge in [-0.25, -0.2) is 0 Å². The van der Waals surface area contributed by atoms with E-state index in [1.54, 1.807) is 19.2 Å². The summed E-state index contributed by atoms with van der Waals surface area (Å²) in [7, 11) is 1.58. The topological polar surface area (TPSA) is 139 Å². The summed E-state index contributed by atoms with van der Waals surface area (Å²) >= 11 is 0. The molecule has 10 heteroatoms. The van der Waals surface area contributed by atoms with E-state index >= 15 is 0 Å². The van der Waals surface area contributed by atoms with Crippen molar-refractivity contribution in [1.29, 1.82) is 0 Å². The second-order valence-corrected chi connectivity index (χ2v) is 6.03. The normalized spacial score (nSPS) is 10.7. The van der Waals surface area contributed by atoms with Crippen LogP contribution in [0.3, 0.4) is 0 Å². The number of nitrogens with one attached hydrogen (secondary N) is 3. The molecule has 0 bridgehead atoms. The smallest absolute Gasteiger partial charge is 0.269 e. The Balaban J connectivity index is 1.42. The molecular formula is C19H16N6O4. The molecule has 0 aliphatic rings. The predicted octanol–water partition coefficient (Wildman–Crippen LogP) is 1.75. The summed E-state index contributed by atoms with van der Waals surface area (Å²) in [4.78, 5) is 30.4. The molecule has 0 radical (unpaired) electrons. The highest BCUT2D eigenvalue weighted by molar-refractivity contribution is 5.93. The number of aromatic amines is 2. The minimum absolute atomic E-state index is 0.0303. The average Bonchev–Trinajstić information content (AvgIpc) is 3.42. The van der Waals surface area contributed by atoms with Gasteiger partial charge in [0.1, 0.15) is 11.4 Å². The standard InChI is InChI=1S/C19H16N6O4/c1-28-13-4-2-3-11(7-13)14-9-15(24-23-14)19(27)21-10-17-22-18(25-29-17)12-5-6-20-16(26)8-12/h2-9H,10H2,1H3,(H,20,26)(H,21,27)(H,23,24). The molecule has 146 valence electrons. The van der Waals surface area contributed by atoms with Gasteiger partial charge in [-0.15, -0.1) is 0 Å². The number of amides is 1. The van der Waals surface area contributed by atoms with Crippen LogP contribution in [0.25, 0.3) is 22.6 Å². The Morgan fingerprint density at radius 3 is 2.93 bits per heavy atom. The zero-order valence-corrected chi connectivity index (χ0v) is 15.3. The first-order chi connectivity index (χ1) is 14.1. The van der Waals surface area contributed by atoms with Gasteiger partial charge in [0.05, 0.1) is 19.3 Å². The van der Waals surface area contributed by atoms with Crippen LogP contribution in [0.4, 0.5) is 0 Å². The van der Waals surface area contributed by atoms with E-state index in [0.717, 1.165) is 5.56 Å². The van der Waals surface area contributed by atoms with Crippen LogP contribution in [0.5, 0.6) is 5.75 Å². The third-order valence-electron chi connectivity index (χ3n) is 4.09. The van der Waals surface area contributed by atoms with Gasteiger partial charge in [-0.05, 0) is 24.3 Å². The molecule has 0 unspecified atom stereocenters. The molecule has 3 N–H and O–H groups in total. The van der Waals surface area contributed by atoms with Crippen LogP contribution in [0.2, 0.25) is 0 Å². The molecule has 0 saturated heterocycles. The van der Waals surface area contributed by atoms with Crippen LogP contribution in [-0.4, -0.2) is 38.3 Å². The summed E-state index contributed by atoms with van der Waals surface area (Å²) in [6.45, 7) is 0.0303. The van der Waals surface area contributed by atoms with Gasteiger partial charge in [0.25, 0.3) is 5.91 Å². The number of H-pyrrole nitrogens is 2. The van der Waals surface area contributed by atoms with Gasteiger partial charge in [0, 0.05) is 23.4 Å². The van der Waals surface area contributed by atoms with Crippen molar-refractivity contribution >= 4 is 5.91 Å². The molecule has 0 aliphatic carbocycles. The van der Waals surface area contributed by atoms with Crippen molar-refractivity contribution in [1.82, 2.24) is 30.6 Å². The number of methoxy groups -OCH3 is 1. The number of nitrogens with zero attached hydrogens (tertiary/aromatic N) is 3. The molecule has 3 heterocycles. The summed E-state index contributed by atoms with van der Waals surface area (Å²) in [6, 6.07) is 12.0. The Labute approximate surface area is 163 Å². The number of ether oxygens (including phenoxy) is 1. The largest absolute Gasteiger partial charge is 0.497 e. The number of rotatable bonds is 6. The third kappa shape index (κ3) is 4.05. The maximum absolute atomic E-state index is 12.4. The van der Waals surface area contributed by atoms with E-state index in [1.165, 1.54) is 12.3 Å². The first kappa shape index (κ1) is 18.2. The van der Waals surface area contributed by atoms with E-state index in [1.807, 2.05) is 24.3 Å². The molecule has 0 atom stereocenters. The number of hydrogen-bond acceptors (Lipinski definition) is 7. The molecule has 3 aromatic heterocycles.